The number of hydrogen-bond acceptors (Lipinski definition) is 3. The lowest BCUT2D eigenvalue weighted by atomic mass is 10.1. The quantitative estimate of drug-likeness (QED) is 0.767. The van der Waals surface area contributed by atoms with Gasteiger partial charge in [-0.2, -0.15) is 5.26 Å². The molecule has 3 heteroatoms. The fraction of sp³-hybridized carbons (Fsp3) is 0.143. The molecule has 0 bridgehead atoms. The molecule has 0 aliphatic heterocycles. The summed E-state index contributed by atoms with van der Waals surface area (Å²) in [6.45, 7) is 2.08. The number of pyridine rings is 1. The van der Waals surface area contributed by atoms with Crippen molar-refractivity contribution >= 4 is 11.8 Å². The maximum Gasteiger partial charge on any atom is 0.154 e. The fourth-order valence-electron chi connectivity index (χ4n) is 1.66. The van der Waals surface area contributed by atoms with Crippen LogP contribution in [0.4, 0.5) is 0 Å². The van der Waals surface area contributed by atoms with Gasteiger partial charge in [-0.15, -0.1) is 11.8 Å². The molecule has 0 radical (unpaired) electrons. The third kappa shape index (κ3) is 2.48. The zero-order valence-electron chi connectivity index (χ0n) is 9.55. The van der Waals surface area contributed by atoms with Crippen LogP contribution in [0.2, 0.25) is 0 Å². The average Bonchev–Trinajstić information content (AvgIpc) is 2.40. The van der Waals surface area contributed by atoms with Gasteiger partial charge in [-0.3, -0.25) is 0 Å². The first kappa shape index (κ1) is 11.7. The van der Waals surface area contributed by atoms with Crippen LogP contribution < -0.4 is 0 Å². The Morgan fingerprint density at radius 1 is 1.24 bits per heavy atom. The van der Waals surface area contributed by atoms with E-state index < -0.39 is 0 Å². The molecule has 0 N–H and O–H groups in total. The van der Waals surface area contributed by atoms with E-state index in [0.717, 1.165) is 21.8 Å². The van der Waals surface area contributed by atoms with E-state index in [1.54, 1.807) is 18.0 Å². The number of benzene rings is 1. The summed E-state index contributed by atoms with van der Waals surface area (Å²) in [6.07, 6.45) is 1.70. The van der Waals surface area contributed by atoms with Gasteiger partial charge in [-0.1, -0.05) is 37.3 Å². The molecule has 0 fully saturated rings. The Morgan fingerprint density at radius 3 is 2.65 bits per heavy atom. The molecule has 0 amide bonds. The Balaban J connectivity index is 2.58. The lowest BCUT2D eigenvalue weighted by Crippen LogP contribution is -1.91. The highest BCUT2D eigenvalue weighted by Crippen LogP contribution is 2.32. The van der Waals surface area contributed by atoms with Crippen molar-refractivity contribution in [2.24, 2.45) is 0 Å². The molecule has 1 aromatic heterocycles. The predicted octanol–water partition coefficient (Wildman–Crippen LogP) is 3.73. The van der Waals surface area contributed by atoms with E-state index in [1.807, 2.05) is 24.3 Å². The summed E-state index contributed by atoms with van der Waals surface area (Å²) in [6, 6.07) is 14.2. The second-order valence-electron chi connectivity index (χ2n) is 3.45. The normalized spacial score (nSPS) is 9.88. The monoisotopic (exact) mass is 240 g/mol. The SMILES string of the molecule is CCSc1c(-c2ccccc2)ccnc1C#N. The maximum absolute atomic E-state index is 9.09. The fourth-order valence-corrected chi connectivity index (χ4v) is 2.53. The van der Waals surface area contributed by atoms with Gasteiger partial charge < -0.3 is 0 Å². The third-order valence-corrected chi connectivity index (χ3v) is 3.37. The molecule has 1 aromatic carbocycles. The molecular formula is C14H12N2S. The van der Waals surface area contributed by atoms with E-state index in [4.69, 9.17) is 5.26 Å². The van der Waals surface area contributed by atoms with E-state index >= 15 is 0 Å². The molecule has 0 unspecified atom stereocenters. The van der Waals surface area contributed by atoms with Crippen LogP contribution in [0.15, 0.2) is 47.5 Å². The van der Waals surface area contributed by atoms with Crippen molar-refractivity contribution in [1.82, 2.24) is 4.98 Å². The maximum atomic E-state index is 9.09. The highest BCUT2D eigenvalue weighted by atomic mass is 32.2. The van der Waals surface area contributed by atoms with Crippen molar-refractivity contribution in [2.45, 2.75) is 11.8 Å². The number of nitriles is 1. The third-order valence-electron chi connectivity index (χ3n) is 2.38. The lowest BCUT2D eigenvalue weighted by Gasteiger charge is -2.09. The van der Waals surface area contributed by atoms with Gasteiger partial charge in [0.15, 0.2) is 5.69 Å². The van der Waals surface area contributed by atoms with E-state index in [1.165, 1.54) is 0 Å². The van der Waals surface area contributed by atoms with Gasteiger partial charge in [0.25, 0.3) is 0 Å². The van der Waals surface area contributed by atoms with E-state index in [2.05, 4.69) is 30.1 Å². The van der Waals surface area contributed by atoms with Crippen LogP contribution in [-0.2, 0) is 0 Å². The molecule has 1 heterocycles. The van der Waals surface area contributed by atoms with Crippen molar-refractivity contribution in [3.63, 3.8) is 0 Å². The lowest BCUT2D eigenvalue weighted by molar-refractivity contribution is 1.18. The van der Waals surface area contributed by atoms with Crippen molar-refractivity contribution in [3.8, 4) is 17.2 Å². The summed E-state index contributed by atoms with van der Waals surface area (Å²) < 4.78 is 0. The summed E-state index contributed by atoms with van der Waals surface area (Å²) in [5.74, 6) is 0.931. The number of nitrogens with zero attached hydrogens (tertiary/aromatic N) is 2. The Labute approximate surface area is 105 Å². The number of rotatable bonds is 3. The second-order valence-corrected chi connectivity index (χ2v) is 4.72. The molecule has 0 aliphatic rings. The van der Waals surface area contributed by atoms with Gasteiger partial charge in [0.1, 0.15) is 6.07 Å². The van der Waals surface area contributed by atoms with Crippen LogP contribution in [0.1, 0.15) is 12.6 Å². The molecule has 0 atom stereocenters. The summed E-state index contributed by atoms with van der Waals surface area (Å²) >= 11 is 1.66. The van der Waals surface area contributed by atoms with Crippen molar-refractivity contribution in [3.05, 3.63) is 48.3 Å². The van der Waals surface area contributed by atoms with Gasteiger partial charge >= 0.3 is 0 Å². The molecule has 0 saturated carbocycles. The Kier molecular flexibility index (Phi) is 3.79. The summed E-state index contributed by atoms with van der Waals surface area (Å²) in [7, 11) is 0. The van der Waals surface area contributed by atoms with Crippen LogP contribution in [0.25, 0.3) is 11.1 Å². The summed E-state index contributed by atoms with van der Waals surface area (Å²) in [5, 5.41) is 9.09. The largest absolute Gasteiger partial charge is 0.244 e. The molecule has 17 heavy (non-hydrogen) atoms. The van der Waals surface area contributed by atoms with Gasteiger partial charge in [-0.25, -0.2) is 4.98 Å². The van der Waals surface area contributed by atoms with Crippen LogP contribution in [0, 0.1) is 11.3 Å². The Hall–Kier alpha value is -1.79. The standard InChI is InChI=1S/C14H12N2S/c1-2-17-14-12(8-9-16-13(14)10-15)11-6-4-3-5-7-11/h3-9H,2H2,1H3. The Morgan fingerprint density at radius 2 is 2.00 bits per heavy atom. The Bertz CT molecular complexity index is 544. The van der Waals surface area contributed by atoms with Gasteiger partial charge in [0.2, 0.25) is 0 Å². The van der Waals surface area contributed by atoms with Crippen LogP contribution in [0.3, 0.4) is 0 Å². The highest BCUT2D eigenvalue weighted by molar-refractivity contribution is 7.99. The molecule has 0 saturated heterocycles. The van der Waals surface area contributed by atoms with Gasteiger partial charge in [0, 0.05) is 6.20 Å². The van der Waals surface area contributed by atoms with Crippen molar-refractivity contribution in [1.29, 1.82) is 5.26 Å². The topological polar surface area (TPSA) is 36.7 Å². The molecule has 0 spiro atoms. The van der Waals surface area contributed by atoms with Crippen LogP contribution in [-0.4, -0.2) is 10.7 Å². The molecule has 2 rings (SSSR count). The molecule has 84 valence electrons. The average molecular weight is 240 g/mol. The number of aromatic nitrogens is 1. The minimum Gasteiger partial charge on any atom is -0.244 e. The van der Waals surface area contributed by atoms with Crippen LogP contribution in [0.5, 0.6) is 0 Å². The van der Waals surface area contributed by atoms with E-state index in [9.17, 15) is 0 Å². The van der Waals surface area contributed by atoms with Gasteiger partial charge in [-0.05, 0) is 22.9 Å². The first-order valence-corrected chi connectivity index (χ1v) is 6.42. The summed E-state index contributed by atoms with van der Waals surface area (Å²) in [4.78, 5) is 5.10. The minimum atomic E-state index is 0.512. The number of hydrogen-bond donors (Lipinski definition) is 0. The van der Waals surface area contributed by atoms with E-state index in [-0.39, 0.29) is 0 Å². The first-order valence-electron chi connectivity index (χ1n) is 5.44. The minimum absolute atomic E-state index is 0.512. The number of thioether (sulfide) groups is 1. The van der Waals surface area contributed by atoms with Crippen molar-refractivity contribution < 1.29 is 0 Å². The highest BCUT2D eigenvalue weighted by Gasteiger charge is 2.10. The first-order chi connectivity index (χ1) is 8.36. The van der Waals surface area contributed by atoms with Gasteiger partial charge in [0.05, 0.1) is 4.90 Å². The zero-order valence-corrected chi connectivity index (χ0v) is 10.4. The molecule has 2 aromatic rings. The zero-order chi connectivity index (χ0) is 12.1. The smallest absolute Gasteiger partial charge is 0.154 e. The predicted molar refractivity (Wildman–Crippen MR) is 70.8 cm³/mol. The van der Waals surface area contributed by atoms with E-state index in [0.29, 0.717) is 5.69 Å². The van der Waals surface area contributed by atoms with Crippen molar-refractivity contribution in [2.75, 3.05) is 5.75 Å². The molecule has 2 nitrogen and oxygen atoms in total. The molecular weight excluding hydrogens is 228 g/mol. The second kappa shape index (κ2) is 5.51. The van der Waals surface area contributed by atoms with Crippen LogP contribution >= 0.6 is 11.8 Å². The molecule has 0 aliphatic carbocycles. The summed E-state index contributed by atoms with van der Waals surface area (Å²) in [5.41, 5.74) is 2.73.